The van der Waals surface area contributed by atoms with Gasteiger partial charge in [-0.15, -0.1) is 0 Å². The van der Waals surface area contributed by atoms with Gasteiger partial charge in [-0.2, -0.15) is 18.3 Å². The first-order valence-electron chi connectivity index (χ1n) is 11.5. The third-order valence-corrected chi connectivity index (χ3v) is 6.41. The number of hydrogen-bond acceptors (Lipinski definition) is 2. The molecule has 3 aromatic rings. The molecule has 1 aliphatic rings. The lowest BCUT2D eigenvalue weighted by Gasteiger charge is -2.34. The van der Waals surface area contributed by atoms with E-state index in [2.05, 4.69) is 10.4 Å². The smallest absolute Gasteiger partial charge is 0.355 e. The molecule has 1 N–H and O–H groups in total. The van der Waals surface area contributed by atoms with Crippen LogP contribution in [0.1, 0.15) is 50.2 Å². The number of carbonyl (C=O) groups is 1. The van der Waals surface area contributed by atoms with E-state index in [1.165, 1.54) is 6.08 Å². The number of aromatic nitrogens is 2. The van der Waals surface area contributed by atoms with Gasteiger partial charge >= 0.3 is 6.18 Å². The van der Waals surface area contributed by atoms with E-state index >= 15 is 0 Å². The molecule has 0 fully saturated rings. The van der Waals surface area contributed by atoms with E-state index in [1.807, 2.05) is 48.5 Å². The molecule has 1 heterocycles. The summed E-state index contributed by atoms with van der Waals surface area (Å²) in [5, 5.41) is 7.81. The van der Waals surface area contributed by atoms with Crippen molar-refractivity contribution in [3.8, 4) is 0 Å². The van der Waals surface area contributed by atoms with Crippen LogP contribution in [-0.2, 0) is 4.79 Å². The summed E-state index contributed by atoms with van der Waals surface area (Å²) < 4.78 is 53.0. The number of carbonyl (C=O) groups excluding carboxylic acids is 1. The Labute approximate surface area is 201 Å². The molecule has 35 heavy (non-hydrogen) atoms. The van der Waals surface area contributed by atoms with E-state index in [4.69, 9.17) is 0 Å². The molecule has 0 radical (unpaired) electrons. The first-order chi connectivity index (χ1) is 16.6. The molecule has 4 nitrogen and oxygen atoms in total. The van der Waals surface area contributed by atoms with Crippen LogP contribution in [0, 0.1) is 5.41 Å². The highest BCUT2D eigenvalue weighted by molar-refractivity contribution is 5.86. The van der Waals surface area contributed by atoms with Crippen molar-refractivity contribution >= 4 is 22.5 Å². The van der Waals surface area contributed by atoms with Gasteiger partial charge in [-0.05, 0) is 41.8 Å². The van der Waals surface area contributed by atoms with Crippen molar-refractivity contribution in [2.24, 2.45) is 5.41 Å². The fourth-order valence-corrected chi connectivity index (χ4v) is 4.59. The summed E-state index contributed by atoms with van der Waals surface area (Å²) in [6, 6.07) is 15.2. The minimum atomic E-state index is -4.34. The van der Waals surface area contributed by atoms with Gasteiger partial charge in [-0.3, -0.25) is 4.79 Å². The van der Waals surface area contributed by atoms with Gasteiger partial charge in [0, 0.05) is 30.0 Å². The van der Waals surface area contributed by atoms with Crippen LogP contribution in [0.2, 0.25) is 0 Å². The van der Waals surface area contributed by atoms with Crippen LogP contribution < -0.4 is 5.32 Å². The van der Waals surface area contributed by atoms with Crippen LogP contribution in [0.4, 0.5) is 17.6 Å². The number of alkyl halides is 3. The summed E-state index contributed by atoms with van der Waals surface area (Å²) in [7, 11) is 0. The summed E-state index contributed by atoms with van der Waals surface area (Å²) in [5.41, 5.74) is 2.44. The molecule has 1 aliphatic carbocycles. The summed E-state index contributed by atoms with van der Waals surface area (Å²) in [6.45, 7) is 3.02. The first kappa shape index (κ1) is 24.7. The Morgan fingerprint density at radius 3 is 2.46 bits per heavy atom. The topological polar surface area (TPSA) is 46.9 Å². The predicted octanol–water partition coefficient (Wildman–Crippen LogP) is 6.75. The largest absolute Gasteiger partial charge is 0.390 e. The van der Waals surface area contributed by atoms with Gasteiger partial charge in [0.1, 0.15) is 5.83 Å². The maximum absolute atomic E-state index is 13.4. The number of amides is 1. The number of nitrogens with zero attached hydrogens (tertiary/aromatic N) is 2. The van der Waals surface area contributed by atoms with Crippen molar-refractivity contribution in [1.29, 1.82) is 0 Å². The Balaban J connectivity index is 1.69. The molecule has 2 aromatic carbocycles. The number of benzene rings is 2. The highest BCUT2D eigenvalue weighted by Gasteiger charge is 2.39. The van der Waals surface area contributed by atoms with Gasteiger partial charge in [0.15, 0.2) is 0 Å². The van der Waals surface area contributed by atoms with E-state index in [0.29, 0.717) is 12.8 Å². The standard InChI is InChI=1S/C27H27F4N3O/c1-26(2,25(35)32-15-14-27(29,30)31)24(18-6-4-3-5-7-18)19-8-13-23-20(16-19)17-33-34(23)22-11-9-21(28)10-12-22/h3-9,11,13,16-17,24H,10,12,14-15H2,1-2H3,(H,32,35). The zero-order valence-corrected chi connectivity index (χ0v) is 19.6. The summed E-state index contributed by atoms with van der Waals surface area (Å²) in [5.74, 6) is -1.02. The van der Waals surface area contributed by atoms with Gasteiger partial charge in [-0.1, -0.05) is 50.2 Å². The van der Waals surface area contributed by atoms with E-state index in [9.17, 15) is 22.4 Å². The van der Waals surface area contributed by atoms with Crippen molar-refractivity contribution < 1.29 is 22.4 Å². The summed E-state index contributed by atoms with van der Waals surface area (Å²) >= 11 is 0. The fourth-order valence-electron chi connectivity index (χ4n) is 4.59. The van der Waals surface area contributed by atoms with Gasteiger partial charge in [0.2, 0.25) is 5.91 Å². The minimum absolute atomic E-state index is 0.158. The summed E-state index contributed by atoms with van der Waals surface area (Å²) in [4.78, 5) is 13.1. The quantitative estimate of drug-likeness (QED) is 0.376. The zero-order chi connectivity index (χ0) is 25.2. The Morgan fingerprint density at radius 2 is 1.80 bits per heavy atom. The van der Waals surface area contributed by atoms with Crippen LogP contribution in [-0.4, -0.2) is 28.4 Å². The average molecular weight is 486 g/mol. The van der Waals surface area contributed by atoms with Gasteiger partial charge < -0.3 is 5.32 Å². The van der Waals surface area contributed by atoms with E-state index < -0.39 is 36.4 Å². The average Bonchev–Trinajstić information content (AvgIpc) is 3.23. The van der Waals surface area contributed by atoms with Crippen molar-refractivity contribution in [3.63, 3.8) is 0 Å². The van der Waals surface area contributed by atoms with Crippen molar-refractivity contribution in [3.05, 3.63) is 83.8 Å². The first-order valence-corrected chi connectivity index (χ1v) is 11.5. The third-order valence-electron chi connectivity index (χ3n) is 6.41. The normalized spacial score (nSPS) is 15.5. The molecule has 0 saturated heterocycles. The van der Waals surface area contributed by atoms with Crippen LogP contribution in [0.3, 0.4) is 0 Å². The predicted molar refractivity (Wildman–Crippen MR) is 128 cm³/mol. The lowest BCUT2D eigenvalue weighted by molar-refractivity contribution is -0.138. The number of fused-ring (bicyclic) bond motifs is 1. The lowest BCUT2D eigenvalue weighted by atomic mass is 9.70. The Bertz CT molecular complexity index is 1270. The number of halogens is 4. The molecule has 0 spiro atoms. The lowest BCUT2D eigenvalue weighted by Crippen LogP contribution is -2.42. The Morgan fingerprint density at radius 1 is 1.06 bits per heavy atom. The summed E-state index contributed by atoms with van der Waals surface area (Å²) in [6.07, 6.45) is 0.360. The highest BCUT2D eigenvalue weighted by atomic mass is 19.4. The van der Waals surface area contributed by atoms with Crippen molar-refractivity contribution in [2.45, 2.75) is 45.2 Å². The molecule has 0 bridgehead atoms. The maximum Gasteiger partial charge on any atom is 0.390 e. The zero-order valence-electron chi connectivity index (χ0n) is 19.6. The second kappa shape index (κ2) is 9.68. The second-order valence-corrected chi connectivity index (χ2v) is 9.33. The van der Waals surface area contributed by atoms with E-state index in [0.717, 1.165) is 27.7 Å². The second-order valence-electron chi connectivity index (χ2n) is 9.33. The molecule has 1 atom stereocenters. The van der Waals surface area contributed by atoms with Crippen molar-refractivity contribution in [1.82, 2.24) is 15.1 Å². The van der Waals surface area contributed by atoms with Crippen molar-refractivity contribution in [2.75, 3.05) is 6.54 Å². The van der Waals surface area contributed by atoms with E-state index in [-0.39, 0.29) is 5.83 Å². The maximum atomic E-state index is 13.4. The molecule has 1 amide bonds. The molecular formula is C27H27F4N3O. The number of hydrogen-bond donors (Lipinski definition) is 1. The van der Waals surface area contributed by atoms with E-state index in [1.54, 1.807) is 30.8 Å². The van der Waals surface area contributed by atoms with Crippen LogP contribution in [0.15, 0.2) is 72.7 Å². The number of nitrogens with one attached hydrogen (secondary N) is 1. The molecule has 184 valence electrons. The number of allylic oxidation sites excluding steroid dienone is 4. The molecule has 8 heteroatoms. The molecule has 1 aromatic heterocycles. The van der Waals surface area contributed by atoms with Crippen LogP contribution in [0.25, 0.3) is 16.6 Å². The third kappa shape index (κ3) is 5.47. The van der Waals surface area contributed by atoms with Gasteiger partial charge in [-0.25, -0.2) is 9.07 Å². The molecular weight excluding hydrogens is 458 g/mol. The van der Waals surface area contributed by atoms with Gasteiger partial charge in [0.05, 0.1) is 23.5 Å². The minimum Gasteiger partial charge on any atom is -0.355 e. The highest BCUT2D eigenvalue weighted by Crippen LogP contribution is 2.42. The van der Waals surface area contributed by atoms with Crippen LogP contribution >= 0.6 is 0 Å². The molecule has 1 unspecified atom stereocenters. The molecule has 0 saturated carbocycles. The number of rotatable bonds is 7. The fraction of sp³-hybridized carbons (Fsp3) is 0.333. The Hall–Kier alpha value is -3.42. The SMILES string of the molecule is CC(C)(C(=O)NCCC(F)(F)F)C(c1ccccc1)c1ccc2c(cnn2C2=CC=C(F)CC2)c1. The Kier molecular flexibility index (Phi) is 6.83. The monoisotopic (exact) mass is 485 g/mol. The molecule has 0 aliphatic heterocycles. The molecule has 4 rings (SSSR count). The van der Waals surface area contributed by atoms with Gasteiger partial charge in [0.25, 0.3) is 0 Å². The van der Waals surface area contributed by atoms with Crippen LogP contribution in [0.5, 0.6) is 0 Å².